The van der Waals surface area contributed by atoms with Gasteiger partial charge in [-0.3, -0.25) is 9.69 Å². The van der Waals surface area contributed by atoms with Crippen molar-refractivity contribution in [2.75, 3.05) is 27.5 Å². The Balaban J connectivity index is 1.62. The van der Waals surface area contributed by atoms with Gasteiger partial charge in [0.05, 0.1) is 31.8 Å². The van der Waals surface area contributed by atoms with E-state index in [9.17, 15) is 9.59 Å². The van der Waals surface area contributed by atoms with Crippen LogP contribution < -0.4 is 15.1 Å². The highest BCUT2D eigenvalue weighted by Crippen LogP contribution is 2.34. The fourth-order valence-corrected chi connectivity index (χ4v) is 3.96. The van der Waals surface area contributed by atoms with E-state index in [-0.39, 0.29) is 6.42 Å². The average Bonchev–Trinajstić information content (AvgIpc) is 2.80. The number of carbonyl (C=O) groups is 1. The van der Waals surface area contributed by atoms with E-state index in [1.165, 1.54) is 7.11 Å². The summed E-state index contributed by atoms with van der Waals surface area (Å²) >= 11 is 0. The fraction of sp³-hybridized carbons (Fsp3) is 0.333. The largest absolute Gasteiger partial charge is 0.496 e. The van der Waals surface area contributed by atoms with Gasteiger partial charge in [0.1, 0.15) is 23.8 Å². The lowest BCUT2D eigenvalue weighted by atomic mass is 10.00. The van der Waals surface area contributed by atoms with Crippen molar-refractivity contribution in [2.45, 2.75) is 26.3 Å². The Labute approximate surface area is 180 Å². The summed E-state index contributed by atoms with van der Waals surface area (Å²) in [4.78, 5) is 26.5. The van der Waals surface area contributed by atoms with Gasteiger partial charge in [-0.1, -0.05) is 18.2 Å². The quantitative estimate of drug-likeness (QED) is 0.445. The molecule has 0 unspecified atom stereocenters. The third-order valence-electron chi connectivity index (χ3n) is 5.74. The van der Waals surface area contributed by atoms with Gasteiger partial charge in [0, 0.05) is 18.5 Å². The Morgan fingerprint density at radius 3 is 2.74 bits per heavy atom. The first-order chi connectivity index (χ1) is 15.0. The average molecular weight is 423 g/mol. The Kier molecular flexibility index (Phi) is 5.95. The van der Waals surface area contributed by atoms with Crippen LogP contribution in [0.25, 0.3) is 11.0 Å². The first-order valence-electron chi connectivity index (χ1n) is 10.1. The number of nitrogens with zero attached hydrogens (tertiary/aromatic N) is 1. The number of hydrogen-bond acceptors (Lipinski definition) is 7. The second-order valence-corrected chi connectivity index (χ2v) is 7.55. The SMILES string of the molecule is COC(=O)Cc1c(C)c2ccc3c(c2oc1=O)CN(CCc1ccccc1OC)CO3. The third-order valence-corrected chi connectivity index (χ3v) is 5.74. The summed E-state index contributed by atoms with van der Waals surface area (Å²) in [6.45, 7) is 3.64. The molecular weight excluding hydrogens is 398 g/mol. The molecule has 4 rings (SSSR count). The molecule has 7 nitrogen and oxygen atoms in total. The third kappa shape index (κ3) is 4.14. The number of hydrogen-bond donors (Lipinski definition) is 0. The van der Waals surface area contributed by atoms with Crippen molar-refractivity contribution in [3.8, 4) is 11.5 Å². The van der Waals surface area contributed by atoms with Crippen molar-refractivity contribution in [3.63, 3.8) is 0 Å². The van der Waals surface area contributed by atoms with E-state index in [0.29, 0.717) is 30.2 Å². The lowest BCUT2D eigenvalue weighted by molar-refractivity contribution is -0.139. The van der Waals surface area contributed by atoms with Gasteiger partial charge in [-0.25, -0.2) is 4.79 Å². The number of fused-ring (bicyclic) bond motifs is 3. The Bertz CT molecular complexity index is 1180. The van der Waals surface area contributed by atoms with Gasteiger partial charge < -0.3 is 18.6 Å². The van der Waals surface area contributed by atoms with E-state index in [1.54, 1.807) is 7.11 Å². The van der Waals surface area contributed by atoms with Crippen molar-refractivity contribution in [1.82, 2.24) is 4.90 Å². The van der Waals surface area contributed by atoms with Crippen LogP contribution in [0.1, 0.15) is 22.3 Å². The standard InChI is InChI=1S/C24H25NO6/c1-15-17-8-9-21-19(23(17)31-24(27)18(15)12-22(26)29-3)13-25(14-30-21)11-10-16-6-4-5-7-20(16)28-2/h4-9H,10-14H2,1-3H3. The summed E-state index contributed by atoms with van der Waals surface area (Å²) in [5.74, 6) is 1.11. The highest BCUT2D eigenvalue weighted by Gasteiger charge is 2.24. The number of methoxy groups -OCH3 is 2. The highest BCUT2D eigenvalue weighted by atomic mass is 16.5. The van der Waals surface area contributed by atoms with Gasteiger partial charge in [0.25, 0.3) is 0 Å². The van der Waals surface area contributed by atoms with Crippen LogP contribution in [-0.4, -0.2) is 38.4 Å². The Morgan fingerprint density at radius 2 is 1.97 bits per heavy atom. The van der Waals surface area contributed by atoms with E-state index < -0.39 is 11.6 Å². The lowest BCUT2D eigenvalue weighted by Gasteiger charge is -2.29. The first-order valence-corrected chi connectivity index (χ1v) is 10.1. The molecular formula is C24H25NO6. The van der Waals surface area contributed by atoms with Crippen LogP contribution in [0.15, 0.2) is 45.6 Å². The van der Waals surface area contributed by atoms with Gasteiger partial charge in [-0.05, 0) is 42.7 Å². The second-order valence-electron chi connectivity index (χ2n) is 7.55. The molecule has 0 saturated heterocycles. The molecule has 0 aliphatic carbocycles. The Morgan fingerprint density at radius 1 is 1.16 bits per heavy atom. The molecule has 2 aromatic carbocycles. The Hall–Kier alpha value is -3.32. The molecule has 3 aromatic rings. The molecule has 2 heterocycles. The van der Waals surface area contributed by atoms with Gasteiger partial charge >= 0.3 is 11.6 Å². The summed E-state index contributed by atoms with van der Waals surface area (Å²) in [5, 5.41) is 0.799. The topological polar surface area (TPSA) is 78.2 Å². The maximum atomic E-state index is 12.6. The minimum atomic E-state index is -0.519. The molecule has 1 aliphatic rings. The zero-order valence-electron chi connectivity index (χ0n) is 17.9. The van der Waals surface area contributed by atoms with Crippen LogP contribution in [0.5, 0.6) is 11.5 Å². The van der Waals surface area contributed by atoms with Gasteiger partial charge in [0.15, 0.2) is 0 Å². The van der Waals surface area contributed by atoms with Crippen molar-refractivity contribution >= 4 is 16.9 Å². The summed E-state index contributed by atoms with van der Waals surface area (Å²) < 4.78 is 21.8. The minimum Gasteiger partial charge on any atom is -0.496 e. The van der Waals surface area contributed by atoms with E-state index >= 15 is 0 Å². The maximum Gasteiger partial charge on any atom is 0.340 e. The van der Waals surface area contributed by atoms with Crippen LogP contribution in [0.4, 0.5) is 0 Å². The fourth-order valence-electron chi connectivity index (χ4n) is 3.96. The van der Waals surface area contributed by atoms with Crippen LogP contribution in [0, 0.1) is 6.92 Å². The van der Waals surface area contributed by atoms with Gasteiger partial charge in [-0.15, -0.1) is 0 Å². The van der Waals surface area contributed by atoms with Gasteiger partial charge in [0.2, 0.25) is 0 Å². The summed E-state index contributed by atoms with van der Waals surface area (Å²) in [6.07, 6.45) is 0.693. The molecule has 0 saturated carbocycles. The summed E-state index contributed by atoms with van der Waals surface area (Å²) in [7, 11) is 2.97. The molecule has 0 fully saturated rings. The molecule has 1 aliphatic heterocycles. The number of aryl methyl sites for hydroxylation is 1. The van der Waals surface area contributed by atoms with E-state index in [0.717, 1.165) is 40.8 Å². The van der Waals surface area contributed by atoms with E-state index in [4.69, 9.17) is 18.6 Å². The van der Waals surface area contributed by atoms with Crippen LogP contribution in [-0.2, 0) is 28.9 Å². The molecule has 7 heteroatoms. The maximum absolute atomic E-state index is 12.6. The monoisotopic (exact) mass is 423 g/mol. The highest BCUT2D eigenvalue weighted by molar-refractivity contribution is 5.87. The number of rotatable bonds is 6. The first kappa shape index (κ1) is 20.9. The van der Waals surface area contributed by atoms with Crippen molar-refractivity contribution in [3.05, 3.63) is 69.1 Å². The van der Waals surface area contributed by atoms with Gasteiger partial charge in [-0.2, -0.15) is 0 Å². The van der Waals surface area contributed by atoms with Crippen LogP contribution in [0.3, 0.4) is 0 Å². The van der Waals surface area contributed by atoms with Crippen molar-refractivity contribution in [1.29, 1.82) is 0 Å². The van der Waals surface area contributed by atoms with Crippen LogP contribution >= 0.6 is 0 Å². The molecule has 0 atom stereocenters. The molecule has 31 heavy (non-hydrogen) atoms. The van der Waals surface area contributed by atoms with E-state index in [2.05, 4.69) is 11.0 Å². The van der Waals surface area contributed by atoms with Crippen molar-refractivity contribution < 1.29 is 23.4 Å². The number of carbonyl (C=O) groups excluding carboxylic acids is 1. The second kappa shape index (κ2) is 8.81. The summed E-state index contributed by atoms with van der Waals surface area (Å²) in [6, 6.07) is 11.7. The molecule has 0 radical (unpaired) electrons. The molecule has 0 bridgehead atoms. The predicted molar refractivity (Wildman–Crippen MR) is 116 cm³/mol. The molecule has 1 aromatic heterocycles. The number of esters is 1. The van der Waals surface area contributed by atoms with E-state index in [1.807, 2.05) is 37.3 Å². The molecule has 162 valence electrons. The molecule has 0 spiro atoms. The lowest BCUT2D eigenvalue weighted by Crippen LogP contribution is -2.34. The molecule has 0 N–H and O–H groups in total. The number of para-hydroxylation sites is 1. The minimum absolute atomic E-state index is 0.112. The smallest absolute Gasteiger partial charge is 0.340 e. The normalized spacial score (nSPS) is 13.5. The predicted octanol–water partition coefficient (Wildman–Crippen LogP) is 3.22. The molecule has 0 amide bonds. The van der Waals surface area contributed by atoms with Crippen LogP contribution in [0.2, 0.25) is 0 Å². The zero-order chi connectivity index (χ0) is 22.0. The number of ether oxygens (including phenoxy) is 3. The summed E-state index contributed by atoms with van der Waals surface area (Å²) in [5.41, 5.74) is 3.01. The number of benzene rings is 2. The van der Waals surface area contributed by atoms with Crippen molar-refractivity contribution in [2.24, 2.45) is 0 Å². The zero-order valence-corrected chi connectivity index (χ0v) is 17.9.